The van der Waals surface area contributed by atoms with Crippen LogP contribution in [0.4, 0.5) is 5.13 Å². The van der Waals surface area contributed by atoms with Crippen molar-refractivity contribution in [2.75, 3.05) is 5.43 Å². The molecule has 0 aliphatic rings. The number of aryl methyl sites for hydroxylation is 1. The predicted octanol–water partition coefficient (Wildman–Crippen LogP) is 4.82. The fourth-order valence-electron chi connectivity index (χ4n) is 3.10. The van der Waals surface area contributed by atoms with Gasteiger partial charge in [0.1, 0.15) is 11.5 Å². The molecule has 0 atom stereocenters. The Morgan fingerprint density at radius 1 is 1.09 bits per heavy atom. The van der Waals surface area contributed by atoms with Crippen molar-refractivity contribution < 1.29 is 18.7 Å². The van der Waals surface area contributed by atoms with Crippen LogP contribution in [-0.2, 0) is 0 Å². The zero-order valence-corrected chi connectivity index (χ0v) is 18.8. The molecule has 5 rings (SSSR count). The van der Waals surface area contributed by atoms with Gasteiger partial charge in [-0.15, -0.1) is 11.3 Å². The first kappa shape index (κ1) is 20.9. The van der Waals surface area contributed by atoms with Crippen LogP contribution in [0, 0.1) is 6.92 Å². The van der Waals surface area contributed by atoms with Gasteiger partial charge in [-0.1, -0.05) is 29.3 Å². The molecule has 0 amide bonds. The summed E-state index contributed by atoms with van der Waals surface area (Å²) in [5.41, 5.74) is 6.26. The quantitative estimate of drug-likeness (QED) is 0.214. The second-order valence-corrected chi connectivity index (χ2v) is 8.37. The van der Waals surface area contributed by atoms with E-state index in [4.69, 9.17) is 20.5 Å². The lowest BCUT2D eigenvalue weighted by molar-refractivity contribution is -0.660. The molecule has 0 aliphatic heterocycles. The van der Waals surface area contributed by atoms with Gasteiger partial charge in [-0.05, 0) is 48.0 Å². The highest BCUT2D eigenvalue weighted by atomic mass is 35.5. The lowest BCUT2D eigenvalue weighted by atomic mass is 10.2. The number of anilines is 1. The van der Waals surface area contributed by atoms with Crippen LogP contribution in [0.25, 0.3) is 28.4 Å². The Labute approximate surface area is 197 Å². The molecule has 8 nitrogen and oxygen atoms in total. The summed E-state index contributed by atoms with van der Waals surface area (Å²) >= 11 is 7.23. The van der Waals surface area contributed by atoms with E-state index in [2.05, 4.69) is 20.8 Å². The largest absolute Gasteiger partial charge is 0.539 e. The van der Waals surface area contributed by atoms with Gasteiger partial charge in [0.2, 0.25) is 10.8 Å². The molecule has 1 N–H and O–H groups in total. The average molecular weight is 478 g/mol. The molecule has 2 aromatic carbocycles. The predicted molar refractivity (Wildman–Crippen MR) is 124 cm³/mol. The van der Waals surface area contributed by atoms with Gasteiger partial charge in [-0.2, -0.15) is 5.10 Å². The molecule has 0 aliphatic carbocycles. The Balaban J connectivity index is 1.31. The van der Waals surface area contributed by atoms with E-state index in [1.807, 2.05) is 55.5 Å². The molecule has 164 valence electrons. The Morgan fingerprint density at radius 2 is 1.88 bits per heavy atom. The summed E-state index contributed by atoms with van der Waals surface area (Å²) in [7, 11) is 0. The monoisotopic (exact) mass is 477 g/mol. The normalized spacial score (nSPS) is 11.3. The maximum Gasteiger partial charge on any atom is 0.289 e. The van der Waals surface area contributed by atoms with Crippen LogP contribution in [0.3, 0.4) is 0 Å². The molecule has 0 radical (unpaired) electrons. The fraction of sp³-hybridized carbons (Fsp3) is 0.0435. The van der Waals surface area contributed by atoms with E-state index >= 15 is 0 Å². The maximum absolute atomic E-state index is 12.3. The number of benzene rings is 2. The number of hydrogen-bond acceptors (Lipinski definition) is 8. The number of aromatic nitrogens is 3. The highest BCUT2D eigenvalue weighted by molar-refractivity contribution is 7.14. The summed E-state index contributed by atoms with van der Waals surface area (Å²) in [5, 5.41) is 23.2. The molecular weight excluding hydrogens is 462 g/mol. The molecule has 3 aromatic heterocycles. The first-order valence-electron chi connectivity index (χ1n) is 9.83. The standard InChI is InChI=1S/C23H16ClN5O3S/c1-14-2-8-17(9-3-14)29-21(22(30)32-28-29)19-13-33-23(26-19)27-25-12-18-10-11-20(31-18)15-4-6-16(24)7-5-15/h2-13H,1H3,(H-,26,27,28,30)/b25-12+. The van der Waals surface area contributed by atoms with Crippen molar-refractivity contribution in [3.63, 3.8) is 0 Å². The molecule has 3 heterocycles. The summed E-state index contributed by atoms with van der Waals surface area (Å²) in [6.45, 7) is 1.98. The second kappa shape index (κ2) is 8.89. The average Bonchev–Trinajstić information content (AvgIpc) is 3.55. The zero-order chi connectivity index (χ0) is 22.8. The van der Waals surface area contributed by atoms with Crippen LogP contribution < -0.4 is 15.2 Å². The zero-order valence-electron chi connectivity index (χ0n) is 17.2. The number of rotatable bonds is 6. The summed E-state index contributed by atoms with van der Waals surface area (Å²) in [6, 6.07) is 18.6. The lowest BCUT2D eigenvalue weighted by Gasteiger charge is -1.96. The van der Waals surface area contributed by atoms with Crippen LogP contribution in [0.5, 0.6) is 5.95 Å². The Morgan fingerprint density at radius 3 is 2.67 bits per heavy atom. The third kappa shape index (κ3) is 4.50. The van der Waals surface area contributed by atoms with Crippen LogP contribution in [0.2, 0.25) is 5.02 Å². The minimum Gasteiger partial charge on any atom is -0.539 e. The summed E-state index contributed by atoms with van der Waals surface area (Å²) in [6.07, 6.45) is 1.55. The van der Waals surface area contributed by atoms with E-state index in [1.54, 1.807) is 23.7 Å². The minimum absolute atomic E-state index is 0.241. The molecule has 33 heavy (non-hydrogen) atoms. The third-order valence-corrected chi connectivity index (χ3v) is 5.74. The number of nitrogens with zero attached hydrogens (tertiary/aromatic N) is 4. The third-order valence-electron chi connectivity index (χ3n) is 4.74. The van der Waals surface area contributed by atoms with Crippen LogP contribution in [0.15, 0.2) is 80.1 Å². The second-order valence-electron chi connectivity index (χ2n) is 7.07. The van der Waals surface area contributed by atoms with Gasteiger partial charge in [0.15, 0.2) is 11.6 Å². The molecule has 5 aromatic rings. The van der Waals surface area contributed by atoms with E-state index in [9.17, 15) is 5.11 Å². The molecule has 0 saturated heterocycles. The highest BCUT2D eigenvalue weighted by Gasteiger charge is 2.24. The molecule has 0 unspecified atom stereocenters. The summed E-state index contributed by atoms with van der Waals surface area (Å²) in [4.78, 5) is 4.44. The van der Waals surface area contributed by atoms with Crippen LogP contribution in [-0.4, -0.2) is 16.5 Å². The van der Waals surface area contributed by atoms with Crippen LogP contribution >= 0.6 is 22.9 Å². The summed E-state index contributed by atoms with van der Waals surface area (Å²) < 4.78 is 12.1. The first-order chi connectivity index (χ1) is 16.1. The van der Waals surface area contributed by atoms with Gasteiger partial charge in [-0.25, -0.2) is 4.98 Å². The van der Waals surface area contributed by atoms with E-state index in [0.717, 1.165) is 11.1 Å². The van der Waals surface area contributed by atoms with Crippen molar-refractivity contribution in [3.05, 3.63) is 82.4 Å². The molecule has 10 heteroatoms. The fourth-order valence-corrected chi connectivity index (χ4v) is 3.87. The number of hydrogen-bond donors (Lipinski definition) is 1. The van der Waals surface area contributed by atoms with E-state index in [-0.39, 0.29) is 5.69 Å². The van der Waals surface area contributed by atoms with Crippen LogP contribution in [0.1, 0.15) is 11.3 Å². The van der Waals surface area contributed by atoms with Gasteiger partial charge in [0.25, 0.3) is 5.69 Å². The van der Waals surface area contributed by atoms with E-state index in [0.29, 0.717) is 33.1 Å². The minimum atomic E-state index is -0.568. The SMILES string of the molecule is Cc1ccc(-[n+]2noc([O-])c2-c2csc(N/N=C/c3ccc(-c4ccc(Cl)cc4)o3)n2)cc1. The first-order valence-corrected chi connectivity index (χ1v) is 11.1. The molecular formula is C23H16ClN5O3S. The highest BCUT2D eigenvalue weighted by Crippen LogP contribution is 2.28. The molecule has 0 fully saturated rings. The number of hydrazone groups is 1. The Hall–Kier alpha value is -3.95. The lowest BCUT2D eigenvalue weighted by Crippen LogP contribution is -2.34. The Kier molecular flexibility index (Phi) is 5.64. The number of furan rings is 1. The number of nitrogens with one attached hydrogen (secondary N) is 1. The van der Waals surface area contributed by atoms with Gasteiger partial charge >= 0.3 is 0 Å². The van der Waals surface area contributed by atoms with Crippen molar-refractivity contribution in [1.82, 2.24) is 10.3 Å². The van der Waals surface area contributed by atoms with E-state index < -0.39 is 5.95 Å². The van der Waals surface area contributed by atoms with Crippen molar-refractivity contribution in [2.45, 2.75) is 6.92 Å². The van der Waals surface area contributed by atoms with E-state index in [1.165, 1.54) is 16.0 Å². The molecule has 0 spiro atoms. The van der Waals surface area contributed by atoms with Crippen molar-refractivity contribution >= 4 is 34.3 Å². The number of thiazole rings is 1. The maximum atomic E-state index is 12.3. The Bertz CT molecular complexity index is 1420. The summed E-state index contributed by atoms with van der Waals surface area (Å²) in [5.74, 6) is 0.712. The van der Waals surface area contributed by atoms with Crippen molar-refractivity contribution in [1.29, 1.82) is 0 Å². The smallest absolute Gasteiger partial charge is 0.289 e. The van der Waals surface area contributed by atoms with Crippen molar-refractivity contribution in [3.8, 4) is 34.3 Å². The molecule has 0 saturated carbocycles. The van der Waals surface area contributed by atoms with Gasteiger partial charge in [-0.3, -0.25) is 5.43 Å². The van der Waals surface area contributed by atoms with Gasteiger partial charge < -0.3 is 14.0 Å². The number of halogens is 1. The van der Waals surface area contributed by atoms with Gasteiger partial charge in [0.05, 0.1) is 11.5 Å². The molecule has 0 bridgehead atoms. The topological polar surface area (TPSA) is 103 Å². The van der Waals surface area contributed by atoms with Crippen molar-refractivity contribution in [2.24, 2.45) is 5.10 Å². The van der Waals surface area contributed by atoms with Gasteiger partial charge in [0, 0.05) is 28.1 Å².